The van der Waals surface area contributed by atoms with Gasteiger partial charge < -0.3 is 15.2 Å². The van der Waals surface area contributed by atoms with Crippen LogP contribution in [0.1, 0.15) is 46.1 Å². The summed E-state index contributed by atoms with van der Waals surface area (Å²) in [5.41, 5.74) is 1.46. The average molecular weight is 291 g/mol. The summed E-state index contributed by atoms with van der Waals surface area (Å²) >= 11 is 0. The van der Waals surface area contributed by atoms with Crippen LogP contribution in [0.25, 0.3) is 0 Å². The van der Waals surface area contributed by atoms with Gasteiger partial charge in [-0.2, -0.15) is 0 Å². The van der Waals surface area contributed by atoms with Gasteiger partial charge in [-0.3, -0.25) is 4.79 Å². The van der Waals surface area contributed by atoms with E-state index in [4.69, 9.17) is 4.74 Å². The Kier molecular flexibility index (Phi) is 4.57. The average Bonchev–Trinajstić information content (AvgIpc) is 3.21. The Morgan fingerprint density at radius 3 is 2.67 bits per heavy atom. The molecule has 2 rings (SSSR count). The molecule has 1 aliphatic rings. The Balaban J connectivity index is 2.01. The van der Waals surface area contributed by atoms with E-state index in [1.165, 1.54) is 12.8 Å². The van der Waals surface area contributed by atoms with Crippen LogP contribution >= 0.6 is 0 Å². The summed E-state index contributed by atoms with van der Waals surface area (Å²) in [6.07, 6.45) is 1.88. The quantitative estimate of drug-likeness (QED) is 0.817. The first-order valence-electron chi connectivity index (χ1n) is 7.53. The normalized spacial score (nSPS) is 16.6. The van der Waals surface area contributed by atoms with Crippen molar-refractivity contribution in [1.82, 2.24) is 0 Å². The second-order valence-electron chi connectivity index (χ2n) is 6.89. The molecule has 1 aromatic carbocycles. The van der Waals surface area contributed by atoms with Gasteiger partial charge in [0.25, 0.3) is 5.91 Å². The van der Waals surface area contributed by atoms with E-state index in [9.17, 15) is 9.90 Å². The molecule has 1 unspecified atom stereocenters. The fraction of sp³-hybridized carbons (Fsp3) is 0.588. The van der Waals surface area contributed by atoms with Gasteiger partial charge in [0.1, 0.15) is 11.9 Å². The van der Waals surface area contributed by atoms with Gasteiger partial charge in [-0.25, -0.2) is 0 Å². The molecule has 4 heteroatoms. The maximum absolute atomic E-state index is 12.1. The van der Waals surface area contributed by atoms with Crippen molar-refractivity contribution in [3.8, 4) is 5.75 Å². The topological polar surface area (TPSA) is 58.6 Å². The number of nitrogens with one attached hydrogen (secondary N) is 1. The number of hydrogen-bond donors (Lipinski definition) is 2. The van der Waals surface area contributed by atoms with Crippen molar-refractivity contribution in [2.24, 2.45) is 5.92 Å². The highest BCUT2D eigenvalue weighted by Gasteiger charge is 2.24. The molecule has 1 amide bonds. The molecule has 2 N–H and O–H groups in total. The number of phenolic OH excluding ortho intramolecular Hbond substituents is 1. The number of carbonyl (C=O) groups is 1. The van der Waals surface area contributed by atoms with E-state index in [1.54, 1.807) is 13.0 Å². The van der Waals surface area contributed by atoms with E-state index in [2.05, 4.69) is 26.1 Å². The minimum Gasteiger partial charge on any atom is -0.506 e. The molecule has 1 aliphatic carbocycles. The number of ether oxygens (including phenoxy) is 1. The maximum atomic E-state index is 12.1. The first-order valence-corrected chi connectivity index (χ1v) is 7.53. The zero-order chi connectivity index (χ0) is 15.6. The second-order valence-corrected chi connectivity index (χ2v) is 6.89. The van der Waals surface area contributed by atoms with Crippen LogP contribution in [-0.4, -0.2) is 23.7 Å². The fourth-order valence-corrected chi connectivity index (χ4v) is 1.98. The molecule has 0 radical (unpaired) electrons. The lowest BCUT2D eigenvalue weighted by Crippen LogP contribution is -2.28. The molecule has 1 aromatic rings. The molecule has 0 bridgehead atoms. The van der Waals surface area contributed by atoms with E-state index in [0.29, 0.717) is 18.2 Å². The second kappa shape index (κ2) is 6.06. The van der Waals surface area contributed by atoms with Gasteiger partial charge >= 0.3 is 0 Å². The predicted molar refractivity (Wildman–Crippen MR) is 83.6 cm³/mol. The maximum Gasteiger partial charge on any atom is 0.253 e. The van der Waals surface area contributed by atoms with Crippen LogP contribution in [0.3, 0.4) is 0 Å². The van der Waals surface area contributed by atoms with Gasteiger partial charge in [0, 0.05) is 0 Å². The van der Waals surface area contributed by atoms with Gasteiger partial charge in [-0.05, 0) is 48.8 Å². The van der Waals surface area contributed by atoms with Gasteiger partial charge in [-0.1, -0.05) is 26.8 Å². The molecule has 0 aromatic heterocycles. The van der Waals surface area contributed by atoms with E-state index < -0.39 is 6.10 Å². The molecule has 0 saturated heterocycles. The minimum absolute atomic E-state index is 0.0404. The summed E-state index contributed by atoms with van der Waals surface area (Å²) in [7, 11) is 0. The van der Waals surface area contributed by atoms with Crippen molar-refractivity contribution < 1.29 is 14.6 Å². The Hall–Kier alpha value is -1.55. The molecule has 0 spiro atoms. The van der Waals surface area contributed by atoms with E-state index in [0.717, 1.165) is 5.56 Å². The minimum atomic E-state index is -0.511. The number of phenols is 1. The highest BCUT2D eigenvalue weighted by molar-refractivity contribution is 5.95. The summed E-state index contributed by atoms with van der Waals surface area (Å²) in [4.78, 5) is 12.1. The van der Waals surface area contributed by atoms with E-state index >= 15 is 0 Å². The largest absolute Gasteiger partial charge is 0.506 e. The SMILES string of the molecule is CC(OCC1CC1)C(=O)Nc1cc(C(C)(C)C)ccc1O. The molecule has 0 aliphatic heterocycles. The van der Waals surface area contributed by atoms with Crippen LogP contribution in [0.15, 0.2) is 18.2 Å². The highest BCUT2D eigenvalue weighted by Crippen LogP contribution is 2.31. The number of anilines is 1. The number of rotatable bonds is 5. The molecular weight excluding hydrogens is 266 g/mol. The number of amides is 1. The first kappa shape index (κ1) is 15.8. The Bertz CT molecular complexity index is 515. The molecule has 116 valence electrons. The van der Waals surface area contributed by atoms with Crippen LogP contribution in [0.2, 0.25) is 0 Å². The lowest BCUT2D eigenvalue weighted by molar-refractivity contribution is -0.126. The third kappa shape index (κ3) is 4.46. The highest BCUT2D eigenvalue weighted by atomic mass is 16.5. The Morgan fingerprint density at radius 2 is 2.10 bits per heavy atom. The van der Waals surface area contributed by atoms with Gasteiger partial charge in [0.15, 0.2) is 0 Å². The van der Waals surface area contributed by atoms with Crippen LogP contribution in [0.5, 0.6) is 5.75 Å². The monoisotopic (exact) mass is 291 g/mol. The van der Waals surface area contributed by atoms with Crippen molar-refractivity contribution >= 4 is 11.6 Å². The van der Waals surface area contributed by atoms with Gasteiger partial charge in [0.05, 0.1) is 12.3 Å². The number of aromatic hydroxyl groups is 1. The van der Waals surface area contributed by atoms with E-state index in [-0.39, 0.29) is 17.1 Å². The summed E-state index contributed by atoms with van der Waals surface area (Å²) in [6, 6.07) is 5.31. The Labute approximate surface area is 126 Å². The van der Waals surface area contributed by atoms with Gasteiger partial charge in [-0.15, -0.1) is 0 Å². The summed E-state index contributed by atoms with van der Waals surface area (Å²) in [6.45, 7) is 8.65. The lowest BCUT2D eigenvalue weighted by Gasteiger charge is -2.21. The molecule has 1 saturated carbocycles. The van der Waals surface area contributed by atoms with Crippen LogP contribution < -0.4 is 5.32 Å². The van der Waals surface area contributed by atoms with Crippen molar-refractivity contribution in [2.45, 2.75) is 52.1 Å². The fourth-order valence-electron chi connectivity index (χ4n) is 1.98. The third-order valence-electron chi connectivity index (χ3n) is 3.77. The molecule has 1 fully saturated rings. The smallest absolute Gasteiger partial charge is 0.253 e. The molecular formula is C17H25NO3. The van der Waals surface area contributed by atoms with E-state index in [1.807, 2.05) is 12.1 Å². The number of carbonyl (C=O) groups excluding carboxylic acids is 1. The first-order chi connectivity index (χ1) is 9.77. The molecule has 1 atom stereocenters. The number of hydrogen-bond acceptors (Lipinski definition) is 3. The van der Waals surface area contributed by atoms with Crippen LogP contribution in [0, 0.1) is 5.92 Å². The zero-order valence-corrected chi connectivity index (χ0v) is 13.3. The molecule has 4 nitrogen and oxygen atoms in total. The molecule has 21 heavy (non-hydrogen) atoms. The van der Waals surface area contributed by atoms with Crippen molar-refractivity contribution in [3.05, 3.63) is 23.8 Å². The van der Waals surface area contributed by atoms with Crippen LogP contribution in [0.4, 0.5) is 5.69 Å². The summed E-state index contributed by atoms with van der Waals surface area (Å²) in [5, 5.41) is 12.7. The van der Waals surface area contributed by atoms with Crippen molar-refractivity contribution in [3.63, 3.8) is 0 Å². The van der Waals surface area contributed by atoms with Crippen LogP contribution in [-0.2, 0) is 14.9 Å². The molecule has 0 heterocycles. The standard InChI is InChI=1S/C17H25NO3/c1-11(21-10-12-5-6-12)16(20)18-14-9-13(17(2,3)4)7-8-15(14)19/h7-9,11-12,19H,5-6,10H2,1-4H3,(H,18,20). The summed E-state index contributed by atoms with van der Waals surface area (Å²) < 4.78 is 5.54. The van der Waals surface area contributed by atoms with Gasteiger partial charge in [0.2, 0.25) is 0 Å². The Morgan fingerprint density at radius 1 is 1.43 bits per heavy atom. The summed E-state index contributed by atoms with van der Waals surface area (Å²) in [5.74, 6) is 0.473. The third-order valence-corrected chi connectivity index (χ3v) is 3.77. The lowest BCUT2D eigenvalue weighted by atomic mass is 9.87. The van der Waals surface area contributed by atoms with Crippen molar-refractivity contribution in [2.75, 3.05) is 11.9 Å². The zero-order valence-electron chi connectivity index (χ0n) is 13.3. The predicted octanol–water partition coefficient (Wildman–Crippen LogP) is 3.44. The van der Waals surface area contributed by atoms with Crippen molar-refractivity contribution in [1.29, 1.82) is 0 Å². The number of benzene rings is 1.